The van der Waals surface area contributed by atoms with Crippen LogP contribution in [0.5, 0.6) is 0 Å². The predicted octanol–water partition coefficient (Wildman–Crippen LogP) is 0.173. The van der Waals surface area contributed by atoms with Crippen molar-refractivity contribution in [3.8, 4) is 0 Å². The van der Waals surface area contributed by atoms with E-state index in [2.05, 4.69) is 10.1 Å². The molecule has 0 saturated heterocycles. The molecule has 0 spiro atoms. The van der Waals surface area contributed by atoms with Crippen molar-refractivity contribution in [1.29, 1.82) is 0 Å². The summed E-state index contributed by atoms with van der Waals surface area (Å²) in [6, 6.07) is 0. The fourth-order valence-electron chi connectivity index (χ4n) is 1.25. The van der Waals surface area contributed by atoms with Crippen molar-refractivity contribution in [3.05, 3.63) is 0 Å². The smallest absolute Gasteiger partial charge is 0.309 e. The molecule has 0 rings (SSSR count). The molecule has 0 aliphatic carbocycles. The van der Waals surface area contributed by atoms with Crippen LogP contribution in [0.25, 0.3) is 0 Å². The van der Waals surface area contributed by atoms with Gasteiger partial charge in [-0.3, -0.25) is 4.79 Å². The standard InChI is InChI=1S/C11H23NO4/c1-9(10(13)16-4)7-12-8-11(2,14)5-6-15-3/h9,12,14H,5-8H2,1-4H3. The summed E-state index contributed by atoms with van der Waals surface area (Å²) in [4.78, 5) is 11.1. The lowest BCUT2D eigenvalue weighted by Crippen LogP contribution is -2.41. The summed E-state index contributed by atoms with van der Waals surface area (Å²) in [5.41, 5.74) is -0.814. The van der Waals surface area contributed by atoms with E-state index in [1.165, 1.54) is 7.11 Å². The van der Waals surface area contributed by atoms with Crippen LogP contribution in [0.15, 0.2) is 0 Å². The van der Waals surface area contributed by atoms with E-state index in [0.717, 1.165) is 0 Å². The monoisotopic (exact) mass is 233 g/mol. The van der Waals surface area contributed by atoms with Crippen LogP contribution in [-0.2, 0) is 14.3 Å². The minimum absolute atomic E-state index is 0.205. The molecule has 0 heterocycles. The van der Waals surface area contributed by atoms with Gasteiger partial charge in [-0.25, -0.2) is 0 Å². The zero-order valence-electron chi connectivity index (χ0n) is 10.6. The highest BCUT2D eigenvalue weighted by molar-refractivity contribution is 5.71. The summed E-state index contributed by atoms with van der Waals surface area (Å²) >= 11 is 0. The van der Waals surface area contributed by atoms with Crippen molar-refractivity contribution in [2.24, 2.45) is 5.92 Å². The lowest BCUT2D eigenvalue weighted by molar-refractivity contribution is -0.144. The molecule has 0 aliphatic heterocycles. The molecule has 0 aliphatic rings. The molecule has 0 fully saturated rings. The van der Waals surface area contributed by atoms with Crippen LogP contribution in [0, 0.1) is 5.92 Å². The van der Waals surface area contributed by atoms with E-state index in [4.69, 9.17) is 4.74 Å². The number of hydrogen-bond donors (Lipinski definition) is 2. The number of esters is 1. The Morgan fingerprint density at radius 1 is 1.50 bits per heavy atom. The molecule has 16 heavy (non-hydrogen) atoms. The fraction of sp³-hybridized carbons (Fsp3) is 0.909. The summed E-state index contributed by atoms with van der Waals surface area (Å²) in [6.45, 7) is 4.96. The highest BCUT2D eigenvalue weighted by Crippen LogP contribution is 2.07. The maximum atomic E-state index is 11.1. The van der Waals surface area contributed by atoms with Gasteiger partial charge in [0.05, 0.1) is 18.6 Å². The molecule has 0 saturated carbocycles. The van der Waals surface area contributed by atoms with Crippen molar-refractivity contribution < 1.29 is 19.4 Å². The first kappa shape index (κ1) is 15.3. The van der Waals surface area contributed by atoms with E-state index in [-0.39, 0.29) is 11.9 Å². The van der Waals surface area contributed by atoms with Crippen LogP contribution in [0.1, 0.15) is 20.3 Å². The molecule has 2 unspecified atom stereocenters. The quantitative estimate of drug-likeness (QED) is 0.585. The first-order chi connectivity index (χ1) is 7.43. The molecule has 5 heteroatoms. The Morgan fingerprint density at radius 2 is 2.12 bits per heavy atom. The third-order valence-electron chi connectivity index (χ3n) is 2.40. The molecule has 0 aromatic heterocycles. The van der Waals surface area contributed by atoms with Gasteiger partial charge in [-0.2, -0.15) is 0 Å². The fourth-order valence-corrected chi connectivity index (χ4v) is 1.25. The Balaban J connectivity index is 3.75. The third-order valence-corrected chi connectivity index (χ3v) is 2.40. The second kappa shape index (κ2) is 7.60. The van der Waals surface area contributed by atoms with E-state index in [0.29, 0.717) is 26.1 Å². The van der Waals surface area contributed by atoms with Gasteiger partial charge in [0.25, 0.3) is 0 Å². The summed E-state index contributed by atoms with van der Waals surface area (Å²) < 4.78 is 9.50. The van der Waals surface area contributed by atoms with E-state index >= 15 is 0 Å². The van der Waals surface area contributed by atoms with Gasteiger partial charge >= 0.3 is 5.97 Å². The number of rotatable bonds is 8. The average Bonchev–Trinajstić information content (AvgIpc) is 2.24. The van der Waals surface area contributed by atoms with Crippen LogP contribution in [-0.4, -0.2) is 50.6 Å². The van der Waals surface area contributed by atoms with Gasteiger partial charge in [0, 0.05) is 33.2 Å². The summed E-state index contributed by atoms with van der Waals surface area (Å²) in [5.74, 6) is -0.452. The van der Waals surface area contributed by atoms with Crippen molar-refractivity contribution in [3.63, 3.8) is 0 Å². The van der Waals surface area contributed by atoms with Crippen molar-refractivity contribution in [1.82, 2.24) is 5.32 Å². The van der Waals surface area contributed by atoms with E-state index in [1.807, 2.05) is 0 Å². The molecule has 0 aromatic carbocycles. The maximum absolute atomic E-state index is 11.1. The van der Waals surface area contributed by atoms with Gasteiger partial charge in [-0.15, -0.1) is 0 Å². The van der Waals surface area contributed by atoms with E-state index < -0.39 is 5.60 Å². The molecular formula is C11H23NO4. The molecule has 5 nitrogen and oxygen atoms in total. The Morgan fingerprint density at radius 3 is 2.62 bits per heavy atom. The zero-order valence-corrected chi connectivity index (χ0v) is 10.6. The first-order valence-corrected chi connectivity index (χ1v) is 5.43. The number of carbonyl (C=O) groups is 1. The molecule has 0 amide bonds. The number of nitrogens with one attached hydrogen (secondary N) is 1. The van der Waals surface area contributed by atoms with Crippen LogP contribution in [0.4, 0.5) is 0 Å². The largest absolute Gasteiger partial charge is 0.469 e. The normalized spacial score (nSPS) is 16.6. The van der Waals surface area contributed by atoms with E-state index in [9.17, 15) is 9.90 Å². The maximum Gasteiger partial charge on any atom is 0.309 e. The van der Waals surface area contributed by atoms with Gasteiger partial charge < -0.3 is 19.9 Å². The highest BCUT2D eigenvalue weighted by atomic mass is 16.5. The molecule has 0 aromatic rings. The van der Waals surface area contributed by atoms with Gasteiger partial charge in [0.2, 0.25) is 0 Å². The second-order valence-electron chi connectivity index (χ2n) is 4.29. The average molecular weight is 233 g/mol. The zero-order chi connectivity index (χ0) is 12.6. The molecule has 0 radical (unpaired) electrons. The van der Waals surface area contributed by atoms with Crippen molar-refractivity contribution in [2.45, 2.75) is 25.9 Å². The summed E-state index contributed by atoms with van der Waals surface area (Å²) in [6.07, 6.45) is 0.559. The lowest BCUT2D eigenvalue weighted by Gasteiger charge is -2.24. The first-order valence-electron chi connectivity index (χ1n) is 5.43. The number of aliphatic hydroxyl groups is 1. The van der Waals surface area contributed by atoms with Crippen LogP contribution in [0.3, 0.4) is 0 Å². The van der Waals surface area contributed by atoms with E-state index in [1.54, 1.807) is 21.0 Å². The van der Waals surface area contributed by atoms with Crippen molar-refractivity contribution >= 4 is 5.97 Å². The van der Waals surface area contributed by atoms with Gasteiger partial charge in [0.15, 0.2) is 0 Å². The number of hydrogen-bond acceptors (Lipinski definition) is 5. The predicted molar refractivity (Wildman–Crippen MR) is 61.2 cm³/mol. The number of methoxy groups -OCH3 is 2. The van der Waals surface area contributed by atoms with Crippen LogP contribution >= 0.6 is 0 Å². The minimum atomic E-state index is -0.814. The molecule has 96 valence electrons. The Hall–Kier alpha value is -0.650. The number of carbonyl (C=O) groups excluding carboxylic acids is 1. The molecule has 0 bridgehead atoms. The lowest BCUT2D eigenvalue weighted by atomic mass is 10.0. The van der Waals surface area contributed by atoms with Gasteiger partial charge in [-0.1, -0.05) is 6.92 Å². The van der Waals surface area contributed by atoms with Crippen LogP contribution < -0.4 is 5.32 Å². The van der Waals surface area contributed by atoms with Gasteiger partial charge in [-0.05, 0) is 6.92 Å². The van der Waals surface area contributed by atoms with Crippen molar-refractivity contribution in [2.75, 3.05) is 33.9 Å². The second-order valence-corrected chi connectivity index (χ2v) is 4.29. The molecular weight excluding hydrogens is 210 g/mol. The minimum Gasteiger partial charge on any atom is -0.469 e. The summed E-state index contributed by atoms with van der Waals surface area (Å²) in [7, 11) is 2.97. The Bertz CT molecular complexity index is 206. The third kappa shape index (κ3) is 6.76. The topological polar surface area (TPSA) is 67.8 Å². The Kier molecular flexibility index (Phi) is 7.29. The Labute approximate surface area is 97.1 Å². The summed E-state index contributed by atoms with van der Waals surface area (Å²) in [5, 5.41) is 12.9. The van der Waals surface area contributed by atoms with Crippen LogP contribution in [0.2, 0.25) is 0 Å². The SMILES string of the molecule is COCCC(C)(O)CNCC(C)C(=O)OC. The molecule has 2 N–H and O–H groups in total. The highest BCUT2D eigenvalue weighted by Gasteiger charge is 2.20. The van der Waals surface area contributed by atoms with Gasteiger partial charge in [0.1, 0.15) is 0 Å². The number of ether oxygens (including phenoxy) is 2. The molecule has 2 atom stereocenters.